The SMILES string of the molecule is CCNS(=O)(=O)c1ccc(F)c(C(=O)N2CCN(c3ccc(C(C)=O)cc3F)CC2)c1. The van der Waals surface area contributed by atoms with Gasteiger partial charge in [0.2, 0.25) is 10.0 Å². The first-order valence-electron chi connectivity index (χ1n) is 9.78. The summed E-state index contributed by atoms with van der Waals surface area (Å²) in [6.45, 7) is 4.15. The van der Waals surface area contributed by atoms with E-state index in [9.17, 15) is 26.8 Å². The van der Waals surface area contributed by atoms with Crippen LogP contribution in [0.2, 0.25) is 0 Å². The lowest BCUT2D eigenvalue weighted by Crippen LogP contribution is -2.49. The highest BCUT2D eigenvalue weighted by Gasteiger charge is 2.27. The van der Waals surface area contributed by atoms with Crippen molar-refractivity contribution >= 4 is 27.4 Å². The van der Waals surface area contributed by atoms with Crippen LogP contribution in [0.4, 0.5) is 14.5 Å². The molecule has 1 saturated heterocycles. The van der Waals surface area contributed by atoms with Crippen molar-refractivity contribution in [2.24, 2.45) is 0 Å². The molecule has 1 amide bonds. The van der Waals surface area contributed by atoms with Crippen LogP contribution in [0.5, 0.6) is 0 Å². The molecule has 1 fully saturated rings. The second kappa shape index (κ2) is 9.11. The van der Waals surface area contributed by atoms with E-state index in [1.807, 2.05) is 0 Å². The molecule has 1 aliphatic heterocycles. The Labute approximate surface area is 179 Å². The van der Waals surface area contributed by atoms with Gasteiger partial charge in [-0.3, -0.25) is 9.59 Å². The minimum atomic E-state index is -3.83. The number of Topliss-reactive ketones (excluding diaryl/α,β-unsaturated/α-hetero) is 1. The highest BCUT2D eigenvalue weighted by molar-refractivity contribution is 7.89. The molecular formula is C21H23F2N3O4S. The van der Waals surface area contributed by atoms with Crippen LogP contribution in [0.3, 0.4) is 0 Å². The highest BCUT2D eigenvalue weighted by Crippen LogP contribution is 2.23. The second-order valence-corrected chi connectivity index (χ2v) is 8.91. The molecule has 2 aromatic rings. The molecule has 1 heterocycles. The highest BCUT2D eigenvalue weighted by atomic mass is 32.2. The van der Waals surface area contributed by atoms with Gasteiger partial charge in [-0.05, 0) is 43.3 Å². The van der Waals surface area contributed by atoms with Gasteiger partial charge < -0.3 is 9.80 Å². The van der Waals surface area contributed by atoms with E-state index >= 15 is 0 Å². The molecule has 0 unspecified atom stereocenters. The Bertz CT molecular complexity index is 1110. The molecule has 0 spiro atoms. The van der Waals surface area contributed by atoms with E-state index in [-0.39, 0.29) is 41.4 Å². The van der Waals surface area contributed by atoms with Crippen molar-refractivity contribution in [1.29, 1.82) is 0 Å². The first-order chi connectivity index (χ1) is 14.6. The lowest BCUT2D eigenvalue weighted by atomic mass is 10.1. The van der Waals surface area contributed by atoms with Gasteiger partial charge in [-0.1, -0.05) is 6.92 Å². The fraction of sp³-hybridized carbons (Fsp3) is 0.333. The molecule has 1 aliphatic rings. The molecule has 7 nitrogen and oxygen atoms in total. The number of benzene rings is 2. The number of sulfonamides is 1. The summed E-state index contributed by atoms with van der Waals surface area (Å²) in [6, 6.07) is 7.35. The molecule has 0 bridgehead atoms. The molecule has 10 heteroatoms. The molecule has 166 valence electrons. The monoisotopic (exact) mass is 451 g/mol. The maximum Gasteiger partial charge on any atom is 0.256 e. The fourth-order valence-corrected chi connectivity index (χ4v) is 4.48. The maximum atomic E-state index is 14.4. The molecule has 0 radical (unpaired) electrons. The minimum absolute atomic E-state index is 0.162. The Morgan fingerprint density at radius 2 is 1.68 bits per heavy atom. The number of piperazine rings is 1. The average Bonchev–Trinajstić information content (AvgIpc) is 2.73. The van der Waals surface area contributed by atoms with Gasteiger partial charge in [0.1, 0.15) is 11.6 Å². The van der Waals surface area contributed by atoms with Gasteiger partial charge >= 0.3 is 0 Å². The van der Waals surface area contributed by atoms with Gasteiger partial charge in [-0.15, -0.1) is 0 Å². The van der Waals surface area contributed by atoms with Crippen LogP contribution >= 0.6 is 0 Å². The smallest absolute Gasteiger partial charge is 0.256 e. The van der Waals surface area contributed by atoms with Gasteiger partial charge in [0.25, 0.3) is 5.91 Å². The predicted octanol–water partition coefficient (Wildman–Crippen LogP) is 2.43. The summed E-state index contributed by atoms with van der Waals surface area (Å²) in [5.41, 5.74) is 0.268. The van der Waals surface area contributed by atoms with Crippen LogP contribution in [0.1, 0.15) is 34.6 Å². The molecule has 0 saturated carbocycles. The Kier molecular flexibility index (Phi) is 6.71. The maximum absolute atomic E-state index is 14.4. The standard InChI is InChI=1S/C21H23F2N3O4S/c1-3-24-31(29,30)16-5-6-18(22)17(13-16)21(28)26-10-8-25(9-11-26)20-7-4-15(14(2)27)12-19(20)23/h4-7,12-13,24H,3,8-11H2,1-2H3. The summed E-state index contributed by atoms with van der Waals surface area (Å²) < 4.78 is 55.3. The van der Waals surface area contributed by atoms with Crippen LogP contribution < -0.4 is 9.62 Å². The van der Waals surface area contributed by atoms with Gasteiger partial charge in [0.15, 0.2) is 5.78 Å². The number of carbonyl (C=O) groups excluding carboxylic acids is 2. The van der Waals surface area contributed by atoms with Crippen molar-refractivity contribution in [1.82, 2.24) is 9.62 Å². The largest absolute Gasteiger partial charge is 0.366 e. The van der Waals surface area contributed by atoms with E-state index in [1.165, 1.54) is 24.0 Å². The third-order valence-electron chi connectivity index (χ3n) is 5.07. The van der Waals surface area contributed by atoms with E-state index in [4.69, 9.17) is 0 Å². The first-order valence-corrected chi connectivity index (χ1v) is 11.3. The van der Waals surface area contributed by atoms with Crippen LogP contribution in [0.15, 0.2) is 41.3 Å². The lowest BCUT2D eigenvalue weighted by Gasteiger charge is -2.36. The number of anilines is 1. The van der Waals surface area contributed by atoms with Crippen LogP contribution in [0, 0.1) is 11.6 Å². The lowest BCUT2D eigenvalue weighted by molar-refractivity contribution is 0.0741. The summed E-state index contributed by atoms with van der Waals surface area (Å²) in [4.78, 5) is 27.2. The van der Waals surface area contributed by atoms with Crippen molar-refractivity contribution in [2.45, 2.75) is 18.7 Å². The molecule has 0 atom stereocenters. The van der Waals surface area contributed by atoms with Crippen molar-refractivity contribution in [3.8, 4) is 0 Å². The second-order valence-electron chi connectivity index (χ2n) is 7.14. The van der Waals surface area contributed by atoms with E-state index in [2.05, 4.69) is 4.72 Å². The van der Waals surface area contributed by atoms with Gasteiger partial charge in [-0.25, -0.2) is 21.9 Å². The molecule has 31 heavy (non-hydrogen) atoms. The number of carbonyl (C=O) groups is 2. The van der Waals surface area contributed by atoms with Gasteiger partial charge in [-0.2, -0.15) is 0 Å². The zero-order chi connectivity index (χ0) is 22.8. The van der Waals surface area contributed by atoms with Crippen LogP contribution in [-0.2, 0) is 10.0 Å². The van der Waals surface area contributed by atoms with Gasteiger partial charge in [0, 0.05) is 38.3 Å². The molecule has 1 N–H and O–H groups in total. The molecule has 3 rings (SSSR count). The molecule has 2 aromatic carbocycles. The van der Waals surface area contributed by atoms with Crippen molar-refractivity contribution < 1.29 is 26.8 Å². The van der Waals surface area contributed by atoms with E-state index in [0.29, 0.717) is 18.8 Å². The van der Waals surface area contributed by atoms with Crippen LogP contribution in [0.25, 0.3) is 0 Å². The Hall–Kier alpha value is -2.85. The summed E-state index contributed by atoms with van der Waals surface area (Å²) >= 11 is 0. The quantitative estimate of drug-likeness (QED) is 0.682. The molecule has 0 aromatic heterocycles. The van der Waals surface area contributed by atoms with E-state index in [1.54, 1.807) is 17.9 Å². The van der Waals surface area contributed by atoms with Crippen molar-refractivity contribution in [2.75, 3.05) is 37.6 Å². The number of nitrogens with zero attached hydrogens (tertiary/aromatic N) is 2. The molecular weight excluding hydrogens is 428 g/mol. The third kappa shape index (κ3) is 4.91. The summed E-state index contributed by atoms with van der Waals surface area (Å²) in [5.74, 6) is -2.20. The number of nitrogens with one attached hydrogen (secondary N) is 1. The minimum Gasteiger partial charge on any atom is -0.366 e. The van der Waals surface area contributed by atoms with Crippen molar-refractivity contribution in [3.05, 3.63) is 59.2 Å². The Morgan fingerprint density at radius 1 is 1.00 bits per heavy atom. The average molecular weight is 451 g/mol. The number of halogens is 2. The summed E-state index contributed by atoms with van der Waals surface area (Å²) in [5, 5.41) is 0. The number of amides is 1. The zero-order valence-corrected chi connectivity index (χ0v) is 18.0. The summed E-state index contributed by atoms with van der Waals surface area (Å²) in [6.07, 6.45) is 0. The van der Waals surface area contributed by atoms with Gasteiger partial charge in [0.05, 0.1) is 16.1 Å². The number of ketones is 1. The van der Waals surface area contributed by atoms with E-state index in [0.717, 1.165) is 18.2 Å². The Morgan fingerprint density at radius 3 is 2.26 bits per heavy atom. The van der Waals surface area contributed by atoms with Crippen LogP contribution in [-0.4, -0.2) is 57.7 Å². The zero-order valence-electron chi connectivity index (χ0n) is 17.2. The van der Waals surface area contributed by atoms with Crippen molar-refractivity contribution in [3.63, 3.8) is 0 Å². The molecule has 0 aliphatic carbocycles. The number of hydrogen-bond donors (Lipinski definition) is 1. The number of hydrogen-bond acceptors (Lipinski definition) is 5. The Balaban J connectivity index is 1.74. The predicted molar refractivity (Wildman–Crippen MR) is 112 cm³/mol. The fourth-order valence-electron chi connectivity index (χ4n) is 3.41. The first kappa shape index (κ1) is 22.8. The number of rotatable bonds is 6. The normalized spacial score (nSPS) is 14.6. The summed E-state index contributed by atoms with van der Waals surface area (Å²) in [7, 11) is -3.83. The topological polar surface area (TPSA) is 86.8 Å². The third-order valence-corrected chi connectivity index (χ3v) is 6.62. The van der Waals surface area contributed by atoms with E-state index < -0.39 is 27.6 Å².